The van der Waals surface area contributed by atoms with Gasteiger partial charge in [0.05, 0.1) is 6.54 Å². The van der Waals surface area contributed by atoms with E-state index in [1.54, 1.807) is 0 Å². The van der Waals surface area contributed by atoms with Gasteiger partial charge in [-0.1, -0.05) is 67.5 Å². The highest BCUT2D eigenvalue weighted by Gasteiger charge is 2.36. The van der Waals surface area contributed by atoms with Crippen LogP contribution in [-0.2, 0) is 10.2 Å². The van der Waals surface area contributed by atoms with Gasteiger partial charge in [-0.15, -0.1) is 0 Å². The largest absolute Gasteiger partial charge is 0.354 e. The third kappa shape index (κ3) is 6.05. The van der Waals surface area contributed by atoms with Gasteiger partial charge in [0.1, 0.15) is 5.82 Å². The summed E-state index contributed by atoms with van der Waals surface area (Å²) in [5, 5.41) is 3.19. The maximum absolute atomic E-state index is 13.4. The molecule has 32 heavy (non-hydrogen) atoms. The molecule has 0 atom stereocenters. The molecule has 1 heterocycles. The van der Waals surface area contributed by atoms with Crippen LogP contribution >= 0.6 is 0 Å². The van der Waals surface area contributed by atoms with Crippen LogP contribution < -0.4 is 5.32 Å². The molecule has 0 spiro atoms. The lowest BCUT2D eigenvalue weighted by Gasteiger charge is -2.34. The number of benzene rings is 2. The van der Waals surface area contributed by atoms with Crippen LogP contribution in [0.3, 0.4) is 0 Å². The zero-order valence-corrected chi connectivity index (χ0v) is 18.8. The lowest BCUT2D eigenvalue weighted by molar-refractivity contribution is -0.122. The molecule has 0 aromatic heterocycles. The monoisotopic (exact) mass is 435 g/mol. The summed E-state index contributed by atoms with van der Waals surface area (Å²) in [4.78, 5) is 17.3. The van der Waals surface area contributed by atoms with E-state index >= 15 is 0 Å². The quantitative estimate of drug-likeness (QED) is 0.679. The van der Waals surface area contributed by atoms with Crippen molar-refractivity contribution in [1.29, 1.82) is 0 Å². The van der Waals surface area contributed by atoms with Crippen molar-refractivity contribution >= 4 is 12.0 Å². The number of rotatable bonds is 8. The molecule has 1 amide bonds. The minimum Gasteiger partial charge on any atom is -0.354 e. The molecule has 2 fully saturated rings. The normalized spacial score (nSPS) is 19.4. The van der Waals surface area contributed by atoms with Crippen molar-refractivity contribution in [1.82, 2.24) is 15.1 Å². The molecule has 4 rings (SSSR count). The maximum Gasteiger partial charge on any atom is 0.234 e. The average molecular weight is 436 g/mol. The molecule has 0 bridgehead atoms. The van der Waals surface area contributed by atoms with Crippen LogP contribution in [0.4, 0.5) is 4.39 Å². The molecule has 0 radical (unpaired) electrons. The molecule has 2 aliphatic rings. The Morgan fingerprint density at radius 3 is 2.28 bits per heavy atom. The fourth-order valence-corrected chi connectivity index (χ4v) is 4.98. The Bertz CT molecular complexity index is 883. The van der Waals surface area contributed by atoms with Crippen LogP contribution in [0.25, 0.3) is 6.08 Å². The number of hydrogen-bond acceptors (Lipinski definition) is 3. The number of nitrogens with zero attached hydrogens (tertiary/aromatic N) is 2. The highest BCUT2D eigenvalue weighted by Crippen LogP contribution is 2.40. The Labute approximate surface area is 191 Å². The minimum atomic E-state index is -0.208. The zero-order chi connectivity index (χ0) is 22.2. The fourth-order valence-electron chi connectivity index (χ4n) is 4.98. The lowest BCUT2D eigenvalue weighted by Crippen LogP contribution is -2.50. The van der Waals surface area contributed by atoms with Crippen LogP contribution in [0, 0.1) is 5.82 Å². The summed E-state index contributed by atoms with van der Waals surface area (Å²) < 4.78 is 13.4. The number of hydrogen-bond donors (Lipinski definition) is 1. The number of amides is 1. The SMILES string of the molecule is O=C(CN1CCN(C/C=C/c2ccccc2)CC1)NCC1(c2ccc(F)cc2)CCCC1. The van der Waals surface area contributed by atoms with E-state index in [4.69, 9.17) is 0 Å². The van der Waals surface area contributed by atoms with Gasteiger partial charge in [-0.3, -0.25) is 14.6 Å². The van der Waals surface area contributed by atoms with E-state index in [-0.39, 0.29) is 17.1 Å². The predicted octanol–water partition coefficient (Wildman–Crippen LogP) is 4.08. The molecule has 1 saturated carbocycles. The molecule has 1 aliphatic carbocycles. The number of carbonyl (C=O) groups excluding carboxylic acids is 1. The molecule has 5 heteroatoms. The molecule has 2 aromatic rings. The van der Waals surface area contributed by atoms with Crippen molar-refractivity contribution in [3.8, 4) is 0 Å². The van der Waals surface area contributed by atoms with Gasteiger partial charge < -0.3 is 5.32 Å². The van der Waals surface area contributed by atoms with E-state index < -0.39 is 0 Å². The molecule has 170 valence electrons. The molecule has 4 nitrogen and oxygen atoms in total. The van der Waals surface area contributed by atoms with Gasteiger partial charge in [-0.25, -0.2) is 4.39 Å². The standard InChI is InChI=1S/C27H34FN3O/c28-25-12-10-24(11-13-25)27(14-4-5-15-27)22-29-26(32)21-31-19-17-30(18-20-31)16-6-9-23-7-2-1-3-8-23/h1-3,6-13H,4-5,14-22H2,(H,29,32)/b9-6+. The van der Waals surface area contributed by atoms with Crippen LogP contribution in [-0.4, -0.2) is 61.5 Å². The van der Waals surface area contributed by atoms with Crippen molar-refractivity contribution in [3.63, 3.8) is 0 Å². The van der Waals surface area contributed by atoms with Gasteiger partial charge in [0.25, 0.3) is 0 Å². The Morgan fingerprint density at radius 2 is 1.59 bits per heavy atom. The first-order valence-corrected chi connectivity index (χ1v) is 11.8. The van der Waals surface area contributed by atoms with Gasteiger partial charge in [0.15, 0.2) is 0 Å². The topological polar surface area (TPSA) is 35.6 Å². The Kier molecular flexibility index (Phi) is 7.72. The van der Waals surface area contributed by atoms with Gasteiger partial charge in [0, 0.05) is 44.7 Å². The van der Waals surface area contributed by atoms with Crippen LogP contribution in [0.2, 0.25) is 0 Å². The first-order chi connectivity index (χ1) is 15.6. The predicted molar refractivity (Wildman–Crippen MR) is 128 cm³/mol. The van der Waals surface area contributed by atoms with Gasteiger partial charge in [-0.2, -0.15) is 0 Å². The molecule has 2 aromatic carbocycles. The Balaban J connectivity index is 1.20. The summed E-state index contributed by atoms with van der Waals surface area (Å²) in [5.41, 5.74) is 2.32. The molecular formula is C27H34FN3O. The summed E-state index contributed by atoms with van der Waals surface area (Å²) in [7, 11) is 0. The van der Waals surface area contributed by atoms with E-state index in [0.717, 1.165) is 64.0 Å². The van der Waals surface area contributed by atoms with E-state index in [0.29, 0.717) is 13.1 Å². The van der Waals surface area contributed by atoms with Crippen molar-refractivity contribution < 1.29 is 9.18 Å². The minimum absolute atomic E-state index is 0.0485. The molecule has 0 unspecified atom stereocenters. The molecular weight excluding hydrogens is 401 g/mol. The second-order valence-electron chi connectivity index (χ2n) is 9.16. The van der Waals surface area contributed by atoms with Crippen molar-refractivity contribution in [3.05, 3.63) is 77.6 Å². The summed E-state index contributed by atoms with van der Waals surface area (Å²) in [5.74, 6) is -0.114. The Morgan fingerprint density at radius 1 is 0.938 bits per heavy atom. The third-order valence-electron chi connectivity index (χ3n) is 6.95. The number of piperazine rings is 1. The zero-order valence-electron chi connectivity index (χ0n) is 18.8. The lowest BCUT2D eigenvalue weighted by atomic mass is 9.79. The third-order valence-corrected chi connectivity index (χ3v) is 6.95. The molecule has 1 saturated heterocycles. The van der Waals surface area contributed by atoms with Crippen molar-refractivity contribution in [2.24, 2.45) is 0 Å². The van der Waals surface area contributed by atoms with Gasteiger partial charge in [0.2, 0.25) is 5.91 Å². The van der Waals surface area contributed by atoms with Crippen LogP contribution in [0.15, 0.2) is 60.7 Å². The molecule has 1 aliphatic heterocycles. The smallest absolute Gasteiger partial charge is 0.234 e. The van der Waals surface area contributed by atoms with Crippen LogP contribution in [0.5, 0.6) is 0 Å². The van der Waals surface area contributed by atoms with Crippen LogP contribution in [0.1, 0.15) is 36.8 Å². The average Bonchev–Trinajstić information content (AvgIpc) is 3.30. The second-order valence-corrected chi connectivity index (χ2v) is 9.16. The van der Waals surface area contributed by atoms with Gasteiger partial charge >= 0.3 is 0 Å². The Hall–Kier alpha value is -2.50. The van der Waals surface area contributed by atoms with E-state index in [1.165, 1.54) is 17.7 Å². The molecule has 1 N–H and O–H groups in total. The maximum atomic E-state index is 13.4. The van der Waals surface area contributed by atoms with Crippen molar-refractivity contribution in [2.75, 3.05) is 45.8 Å². The van der Waals surface area contributed by atoms with Crippen molar-refractivity contribution in [2.45, 2.75) is 31.1 Å². The highest BCUT2D eigenvalue weighted by atomic mass is 19.1. The fraction of sp³-hybridized carbons (Fsp3) is 0.444. The number of carbonyl (C=O) groups is 1. The number of nitrogens with one attached hydrogen (secondary N) is 1. The van der Waals surface area contributed by atoms with E-state index in [9.17, 15) is 9.18 Å². The second kappa shape index (κ2) is 10.9. The first kappa shape index (κ1) is 22.7. The summed E-state index contributed by atoms with van der Waals surface area (Å²) in [6.07, 6.45) is 8.80. The van der Waals surface area contributed by atoms with E-state index in [1.807, 2.05) is 18.2 Å². The number of halogens is 1. The van der Waals surface area contributed by atoms with Gasteiger partial charge in [-0.05, 0) is 36.1 Å². The van der Waals surface area contributed by atoms with E-state index in [2.05, 4.69) is 51.5 Å². The highest BCUT2D eigenvalue weighted by molar-refractivity contribution is 5.78. The summed E-state index contributed by atoms with van der Waals surface area (Å²) >= 11 is 0. The summed E-state index contributed by atoms with van der Waals surface area (Å²) in [6, 6.07) is 17.2. The first-order valence-electron chi connectivity index (χ1n) is 11.8. The summed E-state index contributed by atoms with van der Waals surface area (Å²) in [6.45, 7) is 5.81.